The molecule has 0 atom stereocenters. The Morgan fingerprint density at radius 1 is 1.35 bits per heavy atom. The Morgan fingerprint density at radius 3 is 2.75 bits per heavy atom. The van der Waals surface area contributed by atoms with Gasteiger partial charge in [-0.1, -0.05) is 17.3 Å². The summed E-state index contributed by atoms with van der Waals surface area (Å²) in [7, 11) is 0. The van der Waals surface area contributed by atoms with Crippen LogP contribution in [0.1, 0.15) is 11.3 Å². The summed E-state index contributed by atoms with van der Waals surface area (Å²) in [5.41, 5.74) is 1.02. The summed E-state index contributed by atoms with van der Waals surface area (Å²) in [5, 5.41) is 9.29. The second-order valence-electron chi connectivity index (χ2n) is 4.42. The van der Waals surface area contributed by atoms with E-state index < -0.39 is 0 Å². The fourth-order valence-electron chi connectivity index (χ4n) is 1.70. The van der Waals surface area contributed by atoms with Gasteiger partial charge in [-0.2, -0.15) is 0 Å². The summed E-state index contributed by atoms with van der Waals surface area (Å²) in [5.74, 6) is 0.624. The first-order valence-electron chi connectivity index (χ1n) is 6.32. The summed E-state index contributed by atoms with van der Waals surface area (Å²) >= 11 is 0. The third-order valence-electron chi connectivity index (χ3n) is 2.68. The van der Waals surface area contributed by atoms with Gasteiger partial charge in [0.15, 0.2) is 5.82 Å². The molecule has 0 fully saturated rings. The van der Waals surface area contributed by atoms with Crippen LogP contribution in [0.5, 0.6) is 0 Å². The lowest BCUT2D eigenvalue weighted by Crippen LogP contribution is -2.29. The van der Waals surface area contributed by atoms with Crippen LogP contribution in [-0.2, 0) is 11.2 Å². The van der Waals surface area contributed by atoms with Gasteiger partial charge >= 0.3 is 0 Å². The van der Waals surface area contributed by atoms with E-state index in [9.17, 15) is 9.18 Å². The molecule has 1 aromatic carbocycles. The Labute approximate surface area is 116 Å². The number of carbonyl (C=O) groups excluding carboxylic acids is 1. The van der Waals surface area contributed by atoms with Gasteiger partial charge in [0.25, 0.3) is 0 Å². The quantitative estimate of drug-likeness (QED) is 0.791. The van der Waals surface area contributed by atoms with Gasteiger partial charge in [-0.25, -0.2) is 4.39 Å². The van der Waals surface area contributed by atoms with Crippen molar-refractivity contribution >= 4 is 11.7 Å². The number of rotatable bonds is 6. The highest BCUT2D eigenvalue weighted by atomic mass is 19.1. The van der Waals surface area contributed by atoms with Crippen LogP contribution in [0.4, 0.5) is 10.2 Å². The lowest BCUT2D eigenvalue weighted by Gasteiger charge is -2.04. The van der Waals surface area contributed by atoms with E-state index in [4.69, 9.17) is 4.52 Å². The first-order chi connectivity index (χ1) is 9.63. The zero-order valence-corrected chi connectivity index (χ0v) is 11.1. The molecule has 0 aliphatic heterocycles. The molecule has 0 radical (unpaired) electrons. The van der Waals surface area contributed by atoms with Crippen molar-refractivity contribution in [2.45, 2.75) is 13.3 Å². The maximum absolute atomic E-state index is 12.7. The second-order valence-corrected chi connectivity index (χ2v) is 4.42. The number of nitrogens with one attached hydrogen (secondary N) is 2. The Morgan fingerprint density at radius 2 is 2.10 bits per heavy atom. The number of hydrogen-bond acceptors (Lipinski definition) is 4. The molecule has 0 bridgehead atoms. The normalized spacial score (nSPS) is 10.5. The van der Waals surface area contributed by atoms with Crippen LogP contribution in [-0.4, -0.2) is 24.2 Å². The molecule has 1 heterocycles. The van der Waals surface area contributed by atoms with Gasteiger partial charge in [-0.05, 0) is 37.6 Å². The molecule has 0 aliphatic rings. The van der Waals surface area contributed by atoms with E-state index in [1.165, 1.54) is 12.1 Å². The van der Waals surface area contributed by atoms with E-state index in [1.807, 2.05) is 0 Å². The van der Waals surface area contributed by atoms with Crippen molar-refractivity contribution < 1.29 is 13.7 Å². The molecular formula is C14H16FN3O2. The molecule has 0 unspecified atom stereocenters. The standard InChI is InChI=1S/C14H16FN3O2/c1-10-8-13(18-20-10)17-14(19)9-16-7-6-11-2-4-12(15)5-3-11/h2-5,8,16H,6-7,9H2,1H3,(H,17,18,19). The molecule has 2 aromatic rings. The third-order valence-corrected chi connectivity index (χ3v) is 2.68. The average molecular weight is 277 g/mol. The molecule has 5 nitrogen and oxygen atoms in total. The van der Waals surface area contributed by atoms with Crippen molar-refractivity contribution in [2.75, 3.05) is 18.4 Å². The molecule has 0 spiro atoms. The van der Waals surface area contributed by atoms with Crippen LogP contribution in [0.25, 0.3) is 0 Å². The number of hydrogen-bond donors (Lipinski definition) is 2. The highest BCUT2D eigenvalue weighted by molar-refractivity contribution is 5.91. The van der Waals surface area contributed by atoms with E-state index in [2.05, 4.69) is 15.8 Å². The molecule has 0 saturated heterocycles. The maximum Gasteiger partial charge on any atom is 0.239 e. The fourth-order valence-corrected chi connectivity index (χ4v) is 1.70. The van der Waals surface area contributed by atoms with Crippen LogP contribution >= 0.6 is 0 Å². The van der Waals surface area contributed by atoms with Gasteiger partial charge in [-0.3, -0.25) is 4.79 Å². The van der Waals surface area contributed by atoms with Gasteiger partial charge in [0.1, 0.15) is 11.6 Å². The van der Waals surface area contributed by atoms with E-state index in [-0.39, 0.29) is 18.3 Å². The monoisotopic (exact) mass is 277 g/mol. The third kappa shape index (κ3) is 4.47. The highest BCUT2D eigenvalue weighted by Crippen LogP contribution is 2.06. The Kier molecular flexibility index (Phi) is 4.84. The maximum atomic E-state index is 12.7. The first kappa shape index (κ1) is 14.2. The van der Waals surface area contributed by atoms with Crippen molar-refractivity contribution in [2.24, 2.45) is 0 Å². The summed E-state index contributed by atoms with van der Waals surface area (Å²) in [6.07, 6.45) is 0.733. The van der Waals surface area contributed by atoms with Crippen LogP contribution in [0, 0.1) is 12.7 Å². The van der Waals surface area contributed by atoms with Crippen LogP contribution < -0.4 is 10.6 Å². The zero-order chi connectivity index (χ0) is 14.4. The van der Waals surface area contributed by atoms with E-state index in [1.54, 1.807) is 25.1 Å². The predicted molar refractivity (Wildman–Crippen MR) is 72.8 cm³/mol. The topological polar surface area (TPSA) is 67.2 Å². The Bertz CT molecular complexity index is 566. The Hall–Kier alpha value is -2.21. The predicted octanol–water partition coefficient (Wildman–Crippen LogP) is 1.89. The summed E-state index contributed by atoms with van der Waals surface area (Å²) < 4.78 is 17.6. The summed E-state index contributed by atoms with van der Waals surface area (Å²) in [6.45, 7) is 2.58. The molecule has 0 saturated carbocycles. The van der Waals surface area contributed by atoms with Gasteiger partial charge in [0.2, 0.25) is 5.91 Å². The number of aryl methyl sites for hydroxylation is 1. The smallest absolute Gasteiger partial charge is 0.239 e. The number of amides is 1. The van der Waals surface area contributed by atoms with E-state index >= 15 is 0 Å². The molecule has 0 aliphatic carbocycles. The minimum atomic E-state index is -0.246. The number of anilines is 1. The van der Waals surface area contributed by atoms with Crippen LogP contribution in [0.15, 0.2) is 34.9 Å². The fraction of sp³-hybridized carbons (Fsp3) is 0.286. The van der Waals surface area contributed by atoms with E-state index in [0.29, 0.717) is 18.1 Å². The number of nitrogens with zero attached hydrogens (tertiary/aromatic N) is 1. The van der Waals surface area contributed by atoms with Crippen molar-refractivity contribution in [3.8, 4) is 0 Å². The SMILES string of the molecule is Cc1cc(NC(=O)CNCCc2ccc(F)cc2)no1. The summed E-state index contributed by atoms with van der Waals surface area (Å²) in [4.78, 5) is 11.6. The van der Waals surface area contributed by atoms with Crippen molar-refractivity contribution in [3.05, 3.63) is 47.5 Å². The molecule has 1 amide bonds. The van der Waals surface area contributed by atoms with Crippen molar-refractivity contribution in [3.63, 3.8) is 0 Å². The van der Waals surface area contributed by atoms with Crippen molar-refractivity contribution in [1.82, 2.24) is 10.5 Å². The number of benzene rings is 1. The minimum absolute atomic E-state index is 0.183. The minimum Gasteiger partial charge on any atom is -0.360 e. The van der Waals surface area contributed by atoms with Crippen molar-refractivity contribution in [1.29, 1.82) is 0 Å². The number of aromatic nitrogens is 1. The van der Waals surface area contributed by atoms with Gasteiger partial charge in [-0.15, -0.1) is 0 Å². The Balaban J connectivity index is 1.65. The molecule has 2 N–H and O–H groups in total. The lowest BCUT2D eigenvalue weighted by atomic mass is 10.1. The highest BCUT2D eigenvalue weighted by Gasteiger charge is 2.05. The molecule has 2 rings (SSSR count). The van der Waals surface area contributed by atoms with E-state index in [0.717, 1.165) is 12.0 Å². The molecular weight excluding hydrogens is 261 g/mol. The van der Waals surface area contributed by atoms with Gasteiger partial charge < -0.3 is 15.2 Å². The van der Waals surface area contributed by atoms with Crippen LogP contribution in [0.3, 0.4) is 0 Å². The largest absolute Gasteiger partial charge is 0.360 e. The van der Waals surface area contributed by atoms with Crippen LogP contribution in [0.2, 0.25) is 0 Å². The molecule has 1 aromatic heterocycles. The first-order valence-corrected chi connectivity index (χ1v) is 6.32. The second kappa shape index (κ2) is 6.81. The molecule has 106 valence electrons. The lowest BCUT2D eigenvalue weighted by molar-refractivity contribution is -0.115. The zero-order valence-electron chi connectivity index (χ0n) is 11.1. The van der Waals surface area contributed by atoms with Gasteiger partial charge in [0, 0.05) is 6.07 Å². The number of halogens is 1. The molecule has 6 heteroatoms. The number of carbonyl (C=O) groups is 1. The average Bonchev–Trinajstić information content (AvgIpc) is 2.82. The molecule has 20 heavy (non-hydrogen) atoms. The summed E-state index contributed by atoms with van der Waals surface area (Å²) in [6, 6.07) is 7.96. The van der Waals surface area contributed by atoms with Gasteiger partial charge in [0.05, 0.1) is 6.54 Å².